The van der Waals surface area contributed by atoms with Crippen LogP contribution in [0.25, 0.3) is 0 Å². The lowest BCUT2D eigenvalue weighted by Gasteiger charge is -2.26. The molecule has 0 unspecified atom stereocenters. The number of nitriles is 1. The van der Waals surface area contributed by atoms with Crippen molar-refractivity contribution in [3.05, 3.63) is 70.6 Å². The highest BCUT2D eigenvalue weighted by Gasteiger charge is 2.32. The van der Waals surface area contributed by atoms with Crippen molar-refractivity contribution in [1.82, 2.24) is 0 Å². The van der Waals surface area contributed by atoms with Crippen molar-refractivity contribution in [3.8, 4) is 11.8 Å². The molecule has 1 heterocycles. The summed E-state index contributed by atoms with van der Waals surface area (Å²) in [5.41, 5.74) is 12.7. The molecule has 0 radical (unpaired) electrons. The third kappa shape index (κ3) is 2.13. The molecule has 4 nitrogen and oxygen atoms in total. The number of halogens is 2. The van der Waals surface area contributed by atoms with Crippen LogP contribution in [0.1, 0.15) is 17.0 Å². The van der Waals surface area contributed by atoms with Crippen molar-refractivity contribution >= 4 is 5.69 Å². The average molecular weight is 299 g/mol. The molecular weight excluding hydrogens is 288 g/mol. The molecule has 1 aliphatic rings. The van der Waals surface area contributed by atoms with Crippen LogP contribution >= 0.6 is 0 Å². The van der Waals surface area contributed by atoms with E-state index in [9.17, 15) is 14.0 Å². The van der Waals surface area contributed by atoms with E-state index in [4.69, 9.17) is 16.2 Å². The summed E-state index contributed by atoms with van der Waals surface area (Å²) in [6, 6.07) is 9.95. The minimum Gasteiger partial charge on any atom is -0.440 e. The highest BCUT2D eigenvalue weighted by atomic mass is 19.1. The number of nitrogens with two attached hydrogens (primary N) is 2. The maximum Gasteiger partial charge on any atom is 0.205 e. The molecule has 3 rings (SSSR count). The third-order valence-electron chi connectivity index (χ3n) is 3.52. The fraction of sp³-hybridized carbons (Fsp3) is 0.0625. The van der Waals surface area contributed by atoms with Gasteiger partial charge in [-0.25, -0.2) is 8.78 Å². The van der Waals surface area contributed by atoms with Crippen LogP contribution in [0.2, 0.25) is 0 Å². The predicted octanol–water partition coefficient (Wildman–Crippen LogP) is 2.77. The maximum absolute atomic E-state index is 14.2. The molecule has 0 spiro atoms. The first-order valence-electron chi connectivity index (χ1n) is 6.43. The van der Waals surface area contributed by atoms with Crippen molar-refractivity contribution < 1.29 is 13.5 Å². The molecule has 1 aliphatic heterocycles. The maximum atomic E-state index is 14.2. The van der Waals surface area contributed by atoms with E-state index in [0.29, 0.717) is 17.0 Å². The number of allylic oxidation sites excluding steroid dienone is 1. The van der Waals surface area contributed by atoms with Crippen molar-refractivity contribution in [1.29, 1.82) is 5.26 Å². The van der Waals surface area contributed by atoms with Gasteiger partial charge < -0.3 is 16.2 Å². The second kappa shape index (κ2) is 5.04. The lowest BCUT2D eigenvalue weighted by Crippen LogP contribution is -2.21. The van der Waals surface area contributed by atoms with Crippen LogP contribution in [0.4, 0.5) is 14.5 Å². The van der Waals surface area contributed by atoms with Gasteiger partial charge in [-0.1, -0.05) is 12.1 Å². The monoisotopic (exact) mass is 299 g/mol. The Labute approximate surface area is 125 Å². The minimum atomic E-state index is -0.769. The molecule has 0 bridgehead atoms. The van der Waals surface area contributed by atoms with Crippen molar-refractivity contribution in [2.75, 3.05) is 5.73 Å². The zero-order valence-electron chi connectivity index (χ0n) is 11.3. The van der Waals surface area contributed by atoms with Crippen LogP contribution in [0.15, 0.2) is 47.9 Å². The molecular formula is C16H11F2N3O. The molecule has 0 saturated carbocycles. The smallest absolute Gasteiger partial charge is 0.205 e. The van der Waals surface area contributed by atoms with E-state index < -0.39 is 17.6 Å². The molecule has 2 aromatic rings. The van der Waals surface area contributed by atoms with Gasteiger partial charge in [-0.2, -0.15) is 5.26 Å². The summed E-state index contributed by atoms with van der Waals surface area (Å²) in [6.07, 6.45) is 0. The van der Waals surface area contributed by atoms with Gasteiger partial charge in [-0.05, 0) is 12.1 Å². The molecule has 110 valence electrons. The number of ether oxygens (including phenoxy) is 1. The van der Waals surface area contributed by atoms with Crippen LogP contribution < -0.4 is 16.2 Å². The largest absolute Gasteiger partial charge is 0.440 e. The van der Waals surface area contributed by atoms with Crippen molar-refractivity contribution in [2.45, 2.75) is 5.92 Å². The molecule has 0 fully saturated rings. The van der Waals surface area contributed by atoms with Gasteiger partial charge in [0.05, 0.1) is 5.92 Å². The van der Waals surface area contributed by atoms with E-state index in [0.717, 1.165) is 12.1 Å². The van der Waals surface area contributed by atoms with Gasteiger partial charge in [0, 0.05) is 28.9 Å². The normalized spacial score (nSPS) is 16.7. The summed E-state index contributed by atoms with van der Waals surface area (Å²) in [7, 11) is 0. The number of nitrogen functional groups attached to an aromatic ring is 1. The van der Waals surface area contributed by atoms with E-state index in [2.05, 4.69) is 0 Å². The number of fused-ring (bicyclic) bond motifs is 1. The highest BCUT2D eigenvalue weighted by Crippen LogP contribution is 2.43. The third-order valence-corrected chi connectivity index (χ3v) is 3.52. The molecule has 2 aromatic carbocycles. The number of benzene rings is 2. The van der Waals surface area contributed by atoms with Crippen molar-refractivity contribution in [2.24, 2.45) is 5.73 Å². The van der Waals surface area contributed by atoms with Crippen LogP contribution in [0.5, 0.6) is 5.75 Å². The number of hydrogen-bond donors (Lipinski definition) is 2. The van der Waals surface area contributed by atoms with Gasteiger partial charge in [-0.15, -0.1) is 0 Å². The lowest BCUT2D eigenvalue weighted by atomic mass is 9.83. The average Bonchev–Trinajstić information content (AvgIpc) is 2.46. The zero-order valence-corrected chi connectivity index (χ0v) is 11.3. The second-order valence-electron chi connectivity index (χ2n) is 4.89. The first-order chi connectivity index (χ1) is 10.5. The summed E-state index contributed by atoms with van der Waals surface area (Å²) < 4.78 is 32.7. The molecule has 0 amide bonds. The Balaban J connectivity index is 2.26. The molecule has 6 heteroatoms. The van der Waals surface area contributed by atoms with Gasteiger partial charge >= 0.3 is 0 Å². The first kappa shape index (κ1) is 13.9. The van der Waals surface area contributed by atoms with Gasteiger partial charge in [0.1, 0.15) is 29.0 Å². The van der Waals surface area contributed by atoms with Crippen molar-refractivity contribution in [3.63, 3.8) is 0 Å². The van der Waals surface area contributed by atoms with Gasteiger partial charge in [-0.3, -0.25) is 0 Å². The van der Waals surface area contributed by atoms with Gasteiger partial charge in [0.15, 0.2) is 0 Å². The molecule has 0 aromatic heterocycles. The molecule has 1 atom stereocenters. The second-order valence-corrected chi connectivity index (χ2v) is 4.89. The summed E-state index contributed by atoms with van der Waals surface area (Å²) in [5.74, 6) is -1.98. The Morgan fingerprint density at radius 2 is 1.77 bits per heavy atom. The van der Waals surface area contributed by atoms with Crippen LogP contribution in [0, 0.1) is 23.0 Å². The minimum absolute atomic E-state index is 0.0720. The van der Waals surface area contributed by atoms with E-state index in [1.54, 1.807) is 18.2 Å². The first-order valence-corrected chi connectivity index (χ1v) is 6.43. The number of nitrogens with zero attached hydrogens (tertiary/aromatic N) is 1. The number of rotatable bonds is 1. The predicted molar refractivity (Wildman–Crippen MR) is 76.5 cm³/mol. The number of anilines is 1. The topological polar surface area (TPSA) is 85.1 Å². The van der Waals surface area contributed by atoms with Crippen LogP contribution in [-0.2, 0) is 0 Å². The summed E-state index contributed by atoms with van der Waals surface area (Å²) in [5, 5.41) is 9.33. The van der Waals surface area contributed by atoms with E-state index in [-0.39, 0.29) is 17.0 Å². The standard InChI is InChI=1S/C16H11F2N3O/c17-8-1-3-10(13(18)5-8)15-11-4-2-9(20)6-14(11)22-16(21)12(15)7-19/h1-6,15H,20-21H2/t15-/m0/s1. The molecule has 0 saturated heterocycles. The summed E-state index contributed by atoms with van der Waals surface area (Å²) in [6.45, 7) is 0. The Hall–Kier alpha value is -3.07. The van der Waals surface area contributed by atoms with E-state index >= 15 is 0 Å². The molecule has 22 heavy (non-hydrogen) atoms. The number of hydrogen-bond acceptors (Lipinski definition) is 4. The Bertz CT molecular complexity index is 840. The highest BCUT2D eigenvalue weighted by molar-refractivity contribution is 5.59. The van der Waals surface area contributed by atoms with Gasteiger partial charge in [0.25, 0.3) is 0 Å². The Kier molecular flexibility index (Phi) is 3.18. The van der Waals surface area contributed by atoms with E-state index in [1.165, 1.54) is 6.07 Å². The lowest BCUT2D eigenvalue weighted by molar-refractivity contribution is 0.392. The fourth-order valence-electron chi connectivity index (χ4n) is 2.53. The summed E-state index contributed by atoms with van der Waals surface area (Å²) >= 11 is 0. The van der Waals surface area contributed by atoms with E-state index in [1.807, 2.05) is 6.07 Å². The zero-order chi connectivity index (χ0) is 15.9. The summed E-state index contributed by atoms with van der Waals surface area (Å²) in [4.78, 5) is 0. The SMILES string of the molecule is N#CC1=C(N)Oc2cc(N)ccc2[C@@H]1c1ccc(F)cc1F. The Morgan fingerprint density at radius 3 is 2.45 bits per heavy atom. The Morgan fingerprint density at radius 1 is 1.05 bits per heavy atom. The van der Waals surface area contributed by atoms with Gasteiger partial charge in [0.2, 0.25) is 5.88 Å². The molecule has 4 N–H and O–H groups in total. The molecule has 0 aliphatic carbocycles. The fourth-order valence-corrected chi connectivity index (χ4v) is 2.53. The van der Waals surface area contributed by atoms with Crippen LogP contribution in [0.3, 0.4) is 0 Å². The van der Waals surface area contributed by atoms with Crippen LogP contribution in [-0.4, -0.2) is 0 Å². The quantitative estimate of drug-likeness (QED) is 0.793.